The maximum Gasteiger partial charge on any atom is 0.312 e. The Kier molecular flexibility index (Phi) is 2.74. The molecule has 0 unspecified atom stereocenters. The molecule has 54 valence electrons. The number of halogens is 5. The van der Waals surface area contributed by atoms with E-state index >= 15 is 0 Å². The molecule has 0 nitrogen and oxygen atoms in total. The highest BCUT2D eigenvalue weighted by Gasteiger charge is 2.47. The average Bonchev–Trinajstić information content (AvgIpc) is 1.64. The van der Waals surface area contributed by atoms with Gasteiger partial charge in [-0.15, -0.1) is 0 Å². The van der Waals surface area contributed by atoms with Crippen LogP contribution in [0, 0.1) is 0 Å². The first-order chi connectivity index (χ1) is 3.81. The van der Waals surface area contributed by atoms with Crippen LogP contribution in [0.1, 0.15) is 0 Å². The van der Waals surface area contributed by atoms with Crippen molar-refractivity contribution in [1.82, 2.24) is 0 Å². The first-order valence-corrected chi connectivity index (χ1v) is 3.03. The summed E-state index contributed by atoms with van der Waals surface area (Å²) in [7, 11) is 0. The van der Waals surface area contributed by atoms with E-state index in [2.05, 4.69) is 6.58 Å². The van der Waals surface area contributed by atoms with Crippen LogP contribution in [0.15, 0.2) is 12.7 Å². The van der Waals surface area contributed by atoms with Crippen molar-refractivity contribution in [2.24, 2.45) is 0 Å². The van der Waals surface area contributed by atoms with Crippen molar-refractivity contribution in [3.05, 3.63) is 12.7 Å². The zero-order chi connectivity index (χ0) is 7.71. The molecule has 0 saturated heterocycles. The highest BCUT2D eigenvalue weighted by atomic mass is 35.6. The van der Waals surface area contributed by atoms with E-state index in [9.17, 15) is 8.78 Å². The van der Waals surface area contributed by atoms with Crippen LogP contribution in [0.4, 0.5) is 8.78 Å². The maximum absolute atomic E-state index is 12.1. The second kappa shape index (κ2) is 2.60. The second-order valence-electron chi connectivity index (χ2n) is 1.32. The van der Waals surface area contributed by atoms with Crippen molar-refractivity contribution in [2.75, 3.05) is 0 Å². The van der Waals surface area contributed by atoms with Crippen LogP contribution >= 0.6 is 34.8 Å². The normalized spacial score (nSPS) is 13.4. The van der Waals surface area contributed by atoms with Crippen LogP contribution in [0.3, 0.4) is 0 Å². The van der Waals surface area contributed by atoms with E-state index in [1.54, 1.807) is 0 Å². The zero-order valence-electron chi connectivity index (χ0n) is 4.17. The summed E-state index contributed by atoms with van der Waals surface area (Å²) < 4.78 is 21.7. The average molecular weight is 195 g/mol. The molecule has 5 heteroatoms. The van der Waals surface area contributed by atoms with Crippen molar-refractivity contribution in [3.63, 3.8) is 0 Å². The third-order valence-electron chi connectivity index (χ3n) is 0.634. The number of hydrogen-bond donors (Lipinski definition) is 0. The molecular formula is C4H3Cl3F2. The minimum atomic E-state index is -3.46. The van der Waals surface area contributed by atoms with E-state index in [0.717, 1.165) is 0 Å². The molecule has 9 heavy (non-hydrogen) atoms. The first kappa shape index (κ1) is 9.47. The maximum atomic E-state index is 12.1. The molecule has 0 atom stereocenters. The van der Waals surface area contributed by atoms with Gasteiger partial charge in [-0.25, -0.2) is 0 Å². The second-order valence-corrected chi connectivity index (χ2v) is 3.61. The molecule has 0 aromatic carbocycles. The molecule has 0 aliphatic carbocycles. The standard InChI is InChI=1S/C4H3Cl3F2/c1-2-3(8,9)4(5,6)7/h2H,1H2. The van der Waals surface area contributed by atoms with Gasteiger partial charge in [0.1, 0.15) is 0 Å². The highest BCUT2D eigenvalue weighted by molar-refractivity contribution is 6.68. The van der Waals surface area contributed by atoms with Crippen molar-refractivity contribution in [2.45, 2.75) is 9.72 Å². The first-order valence-electron chi connectivity index (χ1n) is 1.89. The summed E-state index contributed by atoms with van der Waals surface area (Å²) in [5, 5.41) is 0. The lowest BCUT2D eigenvalue weighted by Crippen LogP contribution is -2.30. The number of alkyl halides is 5. The lowest BCUT2D eigenvalue weighted by atomic mass is 10.4. The third kappa shape index (κ3) is 2.28. The molecule has 0 aliphatic rings. The van der Waals surface area contributed by atoms with Crippen LogP contribution < -0.4 is 0 Å². The molecule has 0 radical (unpaired) electrons. The zero-order valence-corrected chi connectivity index (χ0v) is 6.44. The Hall–Kier alpha value is 0.470. The Morgan fingerprint density at radius 3 is 1.56 bits per heavy atom. The number of allylic oxidation sites excluding steroid dienone is 1. The molecule has 0 heterocycles. The minimum Gasteiger partial charge on any atom is -0.197 e. The SMILES string of the molecule is C=CC(F)(F)C(Cl)(Cl)Cl. The van der Waals surface area contributed by atoms with Gasteiger partial charge in [-0.2, -0.15) is 8.78 Å². The Morgan fingerprint density at radius 1 is 1.22 bits per heavy atom. The molecule has 0 aliphatic heterocycles. The van der Waals surface area contributed by atoms with Gasteiger partial charge in [0.25, 0.3) is 3.79 Å². The summed E-state index contributed by atoms with van der Waals surface area (Å²) in [6, 6.07) is 0. The topological polar surface area (TPSA) is 0 Å². The van der Waals surface area contributed by atoms with Crippen molar-refractivity contribution >= 4 is 34.8 Å². The van der Waals surface area contributed by atoms with Gasteiger partial charge in [-0.3, -0.25) is 0 Å². The fraction of sp³-hybridized carbons (Fsp3) is 0.500. The molecule has 0 amide bonds. The fourth-order valence-electron chi connectivity index (χ4n) is 0.116. The highest BCUT2D eigenvalue weighted by Crippen LogP contribution is 2.42. The molecule has 0 bridgehead atoms. The minimum absolute atomic E-state index is 0.292. The molecule has 0 saturated carbocycles. The Labute approximate surface area is 66.4 Å². The molecule has 0 N–H and O–H groups in total. The van der Waals surface area contributed by atoms with Crippen molar-refractivity contribution < 1.29 is 8.78 Å². The lowest BCUT2D eigenvalue weighted by molar-refractivity contribution is 0.0601. The van der Waals surface area contributed by atoms with E-state index in [1.807, 2.05) is 0 Å². The summed E-state index contributed by atoms with van der Waals surface area (Å²) in [4.78, 5) is 0. The van der Waals surface area contributed by atoms with Crippen LogP contribution in [-0.2, 0) is 0 Å². The summed E-state index contributed by atoms with van der Waals surface area (Å²) in [6.07, 6.45) is 0.292. The molecular weight excluding hydrogens is 192 g/mol. The van der Waals surface area contributed by atoms with Crippen LogP contribution in [-0.4, -0.2) is 9.72 Å². The fourth-order valence-corrected chi connectivity index (χ4v) is 0.347. The van der Waals surface area contributed by atoms with Crippen LogP contribution in [0.25, 0.3) is 0 Å². The Bertz CT molecular complexity index is 115. The van der Waals surface area contributed by atoms with Gasteiger partial charge in [-0.1, -0.05) is 41.4 Å². The number of hydrogen-bond acceptors (Lipinski definition) is 0. The molecule has 0 aromatic heterocycles. The Morgan fingerprint density at radius 2 is 1.56 bits per heavy atom. The summed E-state index contributed by atoms with van der Waals surface area (Å²) in [6.45, 7) is 2.80. The van der Waals surface area contributed by atoms with Crippen molar-refractivity contribution in [3.8, 4) is 0 Å². The smallest absolute Gasteiger partial charge is 0.197 e. The van der Waals surface area contributed by atoms with E-state index in [1.165, 1.54) is 0 Å². The lowest BCUT2D eigenvalue weighted by Gasteiger charge is -2.19. The van der Waals surface area contributed by atoms with E-state index < -0.39 is 9.72 Å². The third-order valence-corrected chi connectivity index (χ3v) is 1.39. The van der Waals surface area contributed by atoms with Gasteiger partial charge in [0.05, 0.1) is 0 Å². The summed E-state index contributed by atoms with van der Waals surface area (Å²) in [5.41, 5.74) is 0. The summed E-state index contributed by atoms with van der Waals surface area (Å²) >= 11 is 14.5. The molecule has 0 aromatic rings. The number of rotatable bonds is 1. The summed E-state index contributed by atoms with van der Waals surface area (Å²) in [5.74, 6) is -3.46. The van der Waals surface area contributed by atoms with Gasteiger partial charge < -0.3 is 0 Å². The van der Waals surface area contributed by atoms with E-state index in [-0.39, 0.29) is 0 Å². The molecule has 0 fully saturated rings. The van der Waals surface area contributed by atoms with Gasteiger partial charge in [-0.05, 0) is 6.08 Å². The monoisotopic (exact) mass is 194 g/mol. The molecule has 0 rings (SSSR count). The van der Waals surface area contributed by atoms with Crippen LogP contribution in [0.5, 0.6) is 0 Å². The predicted molar refractivity (Wildman–Crippen MR) is 35.4 cm³/mol. The largest absolute Gasteiger partial charge is 0.312 e. The van der Waals surface area contributed by atoms with Gasteiger partial charge in [0.15, 0.2) is 0 Å². The van der Waals surface area contributed by atoms with Gasteiger partial charge in [0.2, 0.25) is 0 Å². The van der Waals surface area contributed by atoms with Gasteiger partial charge in [0, 0.05) is 0 Å². The Balaban J connectivity index is 4.32. The van der Waals surface area contributed by atoms with E-state index in [4.69, 9.17) is 34.8 Å². The van der Waals surface area contributed by atoms with Gasteiger partial charge >= 0.3 is 5.92 Å². The van der Waals surface area contributed by atoms with Crippen LogP contribution in [0.2, 0.25) is 0 Å². The quantitative estimate of drug-likeness (QED) is 0.445. The molecule has 0 spiro atoms. The van der Waals surface area contributed by atoms with E-state index in [0.29, 0.717) is 6.08 Å². The predicted octanol–water partition coefficient (Wildman–Crippen LogP) is 3.18. The van der Waals surface area contributed by atoms with Crippen molar-refractivity contribution in [1.29, 1.82) is 0 Å².